The standard InChI is InChI=1S/C22H23FN6O/c1-15-13-20(29-11-3-2-4-12-29)28-22(25-15)27-17-7-5-16(6-8-17)26-21(30)18-9-10-24-14-19(18)23/h5-10,13-14H,2-4,11-12H2,1H3,(H,26,30)(H,25,27,28). The highest BCUT2D eigenvalue weighted by Crippen LogP contribution is 2.22. The van der Waals surface area contributed by atoms with Crippen LogP contribution in [0, 0.1) is 12.7 Å². The molecule has 3 aromatic rings. The fraction of sp³-hybridized carbons (Fsp3) is 0.273. The SMILES string of the molecule is Cc1cc(N2CCCCC2)nc(Nc2ccc(NC(=O)c3ccncc3F)cc2)n1. The van der Waals surface area contributed by atoms with Gasteiger partial charge in [-0.2, -0.15) is 4.98 Å². The Morgan fingerprint density at radius 1 is 1.03 bits per heavy atom. The number of pyridine rings is 1. The summed E-state index contributed by atoms with van der Waals surface area (Å²) in [5.74, 6) is 0.289. The zero-order chi connectivity index (χ0) is 20.9. The molecule has 1 fully saturated rings. The van der Waals surface area contributed by atoms with Gasteiger partial charge in [-0.3, -0.25) is 9.78 Å². The number of rotatable bonds is 5. The van der Waals surface area contributed by atoms with Crippen molar-refractivity contribution < 1.29 is 9.18 Å². The van der Waals surface area contributed by atoms with Crippen molar-refractivity contribution in [2.75, 3.05) is 28.6 Å². The smallest absolute Gasteiger partial charge is 0.258 e. The van der Waals surface area contributed by atoms with E-state index in [4.69, 9.17) is 0 Å². The lowest BCUT2D eigenvalue weighted by atomic mass is 10.1. The van der Waals surface area contributed by atoms with Crippen LogP contribution in [0.5, 0.6) is 0 Å². The molecule has 1 aliphatic heterocycles. The number of nitrogens with one attached hydrogen (secondary N) is 2. The summed E-state index contributed by atoms with van der Waals surface area (Å²) < 4.78 is 13.7. The van der Waals surface area contributed by atoms with Crippen LogP contribution in [0.1, 0.15) is 35.3 Å². The fourth-order valence-corrected chi connectivity index (χ4v) is 3.42. The number of hydrogen-bond donors (Lipinski definition) is 2. The van der Waals surface area contributed by atoms with Crippen molar-refractivity contribution in [3.63, 3.8) is 0 Å². The van der Waals surface area contributed by atoms with Gasteiger partial charge in [-0.25, -0.2) is 9.37 Å². The molecule has 0 atom stereocenters. The van der Waals surface area contributed by atoms with Crippen LogP contribution in [0.2, 0.25) is 0 Å². The van der Waals surface area contributed by atoms with E-state index in [0.717, 1.165) is 36.5 Å². The molecule has 1 amide bonds. The van der Waals surface area contributed by atoms with Crippen LogP contribution in [-0.2, 0) is 0 Å². The highest BCUT2D eigenvalue weighted by molar-refractivity contribution is 6.04. The van der Waals surface area contributed by atoms with E-state index in [1.807, 2.05) is 25.1 Å². The second kappa shape index (κ2) is 8.86. The van der Waals surface area contributed by atoms with Crippen LogP contribution in [-0.4, -0.2) is 33.9 Å². The lowest BCUT2D eigenvalue weighted by Crippen LogP contribution is -2.30. The van der Waals surface area contributed by atoms with Gasteiger partial charge in [0.2, 0.25) is 5.95 Å². The Labute approximate surface area is 174 Å². The van der Waals surface area contributed by atoms with Crippen molar-refractivity contribution in [2.45, 2.75) is 26.2 Å². The Kier molecular flexibility index (Phi) is 5.83. The van der Waals surface area contributed by atoms with Gasteiger partial charge in [0.05, 0.1) is 11.8 Å². The Bertz CT molecular complexity index is 1030. The van der Waals surface area contributed by atoms with E-state index < -0.39 is 11.7 Å². The number of halogens is 1. The number of aromatic nitrogens is 3. The minimum absolute atomic E-state index is 0.0504. The Balaban J connectivity index is 1.44. The Morgan fingerprint density at radius 2 is 1.77 bits per heavy atom. The number of carbonyl (C=O) groups is 1. The number of aryl methyl sites for hydroxylation is 1. The summed E-state index contributed by atoms with van der Waals surface area (Å²) >= 11 is 0. The summed E-state index contributed by atoms with van der Waals surface area (Å²) in [7, 11) is 0. The van der Waals surface area contributed by atoms with Gasteiger partial charge in [-0.1, -0.05) is 0 Å². The quantitative estimate of drug-likeness (QED) is 0.657. The maximum atomic E-state index is 13.7. The first kappa shape index (κ1) is 19.8. The summed E-state index contributed by atoms with van der Waals surface area (Å²) in [5, 5.41) is 5.89. The van der Waals surface area contributed by atoms with Gasteiger partial charge in [-0.05, 0) is 56.5 Å². The van der Waals surface area contributed by atoms with Crippen LogP contribution < -0.4 is 15.5 Å². The van der Waals surface area contributed by atoms with Crippen molar-refractivity contribution in [1.82, 2.24) is 15.0 Å². The summed E-state index contributed by atoms with van der Waals surface area (Å²) in [5.41, 5.74) is 2.20. The molecule has 154 valence electrons. The molecule has 4 rings (SSSR count). The third kappa shape index (κ3) is 4.71. The molecule has 7 nitrogen and oxygen atoms in total. The number of carbonyl (C=O) groups excluding carboxylic acids is 1. The molecule has 0 saturated carbocycles. The molecule has 1 aliphatic rings. The Hall–Kier alpha value is -3.55. The molecule has 2 aromatic heterocycles. The topological polar surface area (TPSA) is 83.0 Å². The maximum absolute atomic E-state index is 13.7. The predicted molar refractivity (Wildman–Crippen MR) is 115 cm³/mol. The molecule has 0 bridgehead atoms. The molecule has 3 heterocycles. The van der Waals surface area contributed by atoms with Crippen LogP contribution >= 0.6 is 0 Å². The van der Waals surface area contributed by atoms with Gasteiger partial charge in [0.15, 0.2) is 5.82 Å². The van der Waals surface area contributed by atoms with Crippen molar-refractivity contribution in [3.05, 3.63) is 65.9 Å². The summed E-state index contributed by atoms with van der Waals surface area (Å²) in [6, 6.07) is 10.4. The van der Waals surface area contributed by atoms with E-state index in [2.05, 4.69) is 30.5 Å². The largest absolute Gasteiger partial charge is 0.356 e. The first-order chi connectivity index (χ1) is 14.6. The number of amides is 1. The zero-order valence-electron chi connectivity index (χ0n) is 16.7. The third-order valence-corrected chi connectivity index (χ3v) is 4.94. The van der Waals surface area contributed by atoms with E-state index in [9.17, 15) is 9.18 Å². The Morgan fingerprint density at radius 3 is 2.50 bits per heavy atom. The molecule has 2 N–H and O–H groups in total. The minimum Gasteiger partial charge on any atom is -0.356 e. The molecule has 30 heavy (non-hydrogen) atoms. The van der Waals surface area contributed by atoms with Crippen LogP contribution in [0.25, 0.3) is 0 Å². The summed E-state index contributed by atoms with van der Waals surface area (Å²) in [6.45, 7) is 3.99. The lowest BCUT2D eigenvalue weighted by Gasteiger charge is -2.28. The monoisotopic (exact) mass is 406 g/mol. The number of nitrogens with zero attached hydrogens (tertiary/aromatic N) is 4. The molecule has 0 radical (unpaired) electrons. The lowest BCUT2D eigenvalue weighted by molar-refractivity contribution is 0.102. The van der Waals surface area contributed by atoms with Crippen molar-refractivity contribution in [2.24, 2.45) is 0 Å². The molecule has 0 spiro atoms. The van der Waals surface area contributed by atoms with Gasteiger partial charge >= 0.3 is 0 Å². The molecular weight excluding hydrogens is 383 g/mol. The second-order valence-electron chi connectivity index (χ2n) is 7.25. The maximum Gasteiger partial charge on any atom is 0.258 e. The molecule has 1 aromatic carbocycles. The highest BCUT2D eigenvalue weighted by Gasteiger charge is 2.14. The number of anilines is 4. The van der Waals surface area contributed by atoms with Gasteiger partial charge in [0.25, 0.3) is 5.91 Å². The average molecular weight is 406 g/mol. The minimum atomic E-state index is -0.658. The third-order valence-electron chi connectivity index (χ3n) is 4.94. The number of benzene rings is 1. The van der Waals surface area contributed by atoms with Crippen LogP contribution in [0.15, 0.2) is 48.8 Å². The van der Waals surface area contributed by atoms with Gasteiger partial charge < -0.3 is 15.5 Å². The van der Waals surface area contributed by atoms with Crippen molar-refractivity contribution >= 4 is 29.0 Å². The van der Waals surface area contributed by atoms with E-state index in [1.54, 1.807) is 12.1 Å². The van der Waals surface area contributed by atoms with E-state index in [0.29, 0.717) is 11.6 Å². The van der Waals surface area contributed by atoms with Crippen molar-refractivity contribution in [1.29, 1.82) is 0 Å². The summed E-state index contributed by atoms with van der Waals surface area (Å²) in [4.78, 5) is 27.3. The molecule has 1 saturated heterocycles. The first-order valence-corrected chi connectivity index (χ1v) is 9.97. The van der Waals surface area contributed by atoms with Gasteiger partial charge in [0.1, 0.15) is 5.82 Å². The first-order valence-electron chi connectivity index (χ1n) is 9.97. The van der Waals surface area contributed by atoms with Crippen molar-refractivity contribution in [3.8, 4) is 0 Å². The van der Waals surface area contributed by atoms with Gasteiger partial charge in [0, 0.05) is 42.4 Å². The predicted octanol–water partition coefficient (Wildman–Crippen LogP) is 4.31. The van der Waals surface area contributed by atoms with Gasteiger partial charge in [-0.15, -0.1) is 0 Å². The average Bonchev–Trinajstić information content (AvgIpc) is 2.75. The number of piperidine rings is 1. The summed E-state index contributed by atoms with van der Waals surface area (Å²) in [6.07, 6.45) is 6.03. The molecular formula is C22H23FN6O. The number of hydrogen-bond acceptors (Lipinski definition) is 6. The fourth-order valence-electron chi connectivity index (χ4n) is 3.42. The van der Waals surface area contributed by atoms with E-state index in [1.165, 1.54) is 31.5 Å². The zero-order valence-corrected chi connectivity index (χ0v) is 16.7. The van der Waals surface area contributed by atoms with E-state index in [-0.39, 0.29) is 5.56 Å². The van der Waals surface area contributed by atoms with Crippen LogP contribution in [0.3, 0.4) is 0 Å². The molecule has 8 heteroatoms. The van der Waals surface area contributed by atoms with Crippen LogP contribution in [0.4, 0.5) is 27.5 Å². The highest BCUT2D eigenvalue weighted by atomic mass is 19.1. The van der Waals surface area contributed by atoms with E-state index >= 15 is 0 Å². The second-order valence-corrected chi connectivity index (χ2v) is 7.25. The molecule has 0 aliphatic carbocycles. The normalized spacial score (nSPS) is 13.7. The molecule has 0 unspecified atom stereocenters.